The first-order chi connectivity index (χ1) is 19.3. The van der Waals surface area contributed by atoms with E-state index in [9.17, 15) is 9.59 Å². The van der Waals surface area contributed by atoms with Crippen molar-refractivity contribution in [2.24, 2.45) is 0 Å². The van der Waals surface area contributed by atoms with Crippen molar-refractivity contribution in [2.45, 2.75) is 31.7 Å². The first-order valence-electron chi connectivity index (χ1n) is 13.3. The summed E-state index contributed by atoms with van der Waals surface area (Å²) in [5, 5.41) is 3.07. The predicted molar refractivity (Wildman–Crippen MR) is 152 cm³/mol. The zero-order valence-corrected chi connectivity index (χ0v) is 23.3. The Morgan fingerprint density at radius 2 is 1.88 bits per heavy atom. The summed E-state index contributed by atoms with van der Waals surface area (Å²) in [7, 11) is 6.97. The maximum Gasteiger partial charge on any atom is 0.247 e. The number of likely N-dealkylation sites (N-methyl/N-ethyl adjacent to an activating group) is 2. The lowest BCUT2D eigenvalue weighted by atomic mass is 10.1. The summed E-state index contributed by atoms with van der Waals surface area (Å²) in [5.41, 5.74) is 5.91. The number of likely N-dealkylation sites (tertiary alicyclic amines) is 1. The van der Waals surface area contributed by atoms with Crippen molar-refractivity contribution >= 4 is 28.7 Å². The Kier molecular flexibility index (Phi) is 6.32. The topological polar surface area (TPSA) is 101 Å². The van der Waals surface area contributed by atoms with E-state index >= 15 is 0 Å². The third-order valence-corrected chi connectivity index (χ3v) is 8.08. The zero-order chi connectivity index (χ0) is 28.1. The highest BCUT2D eigenvalue weighted by Gasteiger charge is 2.35. The number of imidazole rings is 1. The van der Waals surface area contributed by atoms with Crippen LogP contribution in [-0.2, 0) is 16.0 Å². The maximum atomic E-state index is 13.4. The van der Waals surface area contributed by atoms with Crippen molar-refractivity contribution in [2.75, 3.05) is 45.1 Å². The predicted octanol–water partition coefficient (Wildman–Crippen LogP) is 3.67. The zero-order valence-electron chi connectivity index (χ0n) is 23.3. The van der Waals surface area contributed by atoms with Crippen molar-refractivity contribution in [1.82, 2.24) is 19.3 Å². The van der Waals surface area contributed by atoms with Gasteiger partial charge in [-0.25, -0.2) is 4.98 Å². The number of carbonyl (C=O) groups excluding carboxylic acids is 2. The molecule has 2 aliphatic heterocycles. The van der Waals surface area contributed by atoms with Crippen LogP contribution in [0.4, 0.5) is 11.4 Å². The highest BCUT2D eigenvalue weighted by atomic mass is 16.5. The third kappa shape index (κ3) is 4.11. The molecule has 2 atom stereocenters. The molecule has 2 amide bonds. The molecule has 10 nitrogen and oxygen atoms in total. The number of amides is 2. The summed E-state index contributed by atoms with van der Waals surface area (Å²) in [6.07, 6.45) is 4.63. The van der Waals surface area contributed by atoms with E-state index < -0.39 is 0 Å². The summed E-state index contributed by atoms with van der Waals surface area (Å²) < 4.78 is 13.3. The number of aryl methyl sites for hydroxylation is 1. The second-order valence-electron chi connectivity index (χ2n) is 10.4. The molecule has 1 fully saturated rings. The second kappa shape index (κ2) is 9.86. The molecule has 1 saturated heterocycles. The molecule has 2 aromatic heterocycles. The summed E-state index contributed by atoms with van der Waals surface area (Å²) in [6, 6.07) is 11.1. The standard InChI is InChI=1S/C30H32N6O4/c1-17-28-27(33-29(36(28)12-11-31-17)19-14-26(37)34(2)16-19)18-9-10-21(25(13-18)40-5)32-30(38)23-15-20-22(35(23)3)7-6-8-24(20)39-4/h6-13,19,23H,14-16H2,1-5H3,(H,32,38). The maximum absolute atomic E-state index is 13.4. The summed E-state index contributed by atoms with van der Waals surface area (Å²) in [5.74, 6) is 2.13. The molecule has 206 valence electrons. The Labute approximate surface area is 232 Å². The molecule has 0 spiro atoms. The van der Waals surface area contributed by atoms with Gasteiger partial charge in [0.25, 0.3) is 0 Å². The van der Waals surface area contributed by atoms with E-state index in [1.54, 1.807) is 25.3 Å². The molecule has 4 heterocycles. The number of nitrogens with zero attached hydrogens (tertiary/aromatic N) is 5. The van der Waals surface area contributed by atoms with Crippen molar-refractivity contribution in [3.05, 3.63) is 65.9 Å². The summed E-state index contributed by atoms with van der Waals surface area (Å²) in [6.45, 7) is 2.57. The van der Waals surface area contributed by atoms with Gasteiger partial charge in [0.15, 0.2) is 0 Å². The molecule has 2 unspecified atom stereocenters. The number of ether oxygens (including phenoxy) is 2. The van der Waals surface area contributed by atoms with Gasteiger partial charge < -0.3 is 24.6 Å². The summed E-state index contributed by atoms with van der Waals surface area (Å²) in [4.78, 5) is 39.0. The van der Waals surface area contributed by atoms with Crippen LogP contribution in [0.5, 0.6) is 11.5 Å². The Balaban J connectivity index is 1.31. The van der Waals surface area contributed by atoms with E-state index in [0.29, 0.717) is 30.8 Å². The molecule has 6 rings (SSSR count). The Morgan fingerprint density at radius 1 is 1.07 bits per heavy atom. The van der Waals surface area contributed by atoms with E-state index in [-0.39, 0.29) is 23.8 Å². The van der Waals surface area contributed by atoms with Crippen LogP contribution in [0, 0.1) is 6.92 Å². The van der Waals surface area contributed by atoms with E-state index in [1.807, 2.05) is 72.9 Å². The number of rotatable bonds is 6. The van der Waals surface area contributed by atoms with Gasteiger partial charge in [-0.3, -0.25) is 19.0 Å². The highest BCUT2D eigenvalue weighted by molar-refractivity contribution is 6.00. The van der Waals surface area contributed by atoms with E-state index in [1.165, 1.54) is 0 Å². The van der Waals surface area contributed by atoms with Crippen molar-refractivity contribution < 1.29 is 19.1 Å². The fraction of sp³-hybridized carbons (Fsp3) is 0.333. The number of aromatic nitrogens is 3. The molecule has 0 bridgehead atoms. The minimum atomic E-state index is -0.378. The van der Waals surface area contributed by atoms with Crippen molar-refractivity contribution in [3.63, 3.8) is 0 Å². The lowest BCUT2D eigenvalue weighted by Gasteiger charge is -2.22. The van der Waals surface area contributed by atoms with E-state index in [2.05, 4.69) is 10.3 Å². The minimum absolute atomic E-state index is 0.00726. The smallest absolute Gasteiger partial charge is 0.247 e. The quantitative estimate of drug-likeness (QED) is 0.398. The van der Waals surface area contributed by atoms with Gasteiger partial charge in [0.1, 0.15) is 23.4 Å². The first kappa shape index (κ1) is 25.7. The van der Waals surface area contributed by atoms with Crippen LogP contribution in [0.2, 0.25) is 0 Å². The average Bonchev–Trinajstić information content (AvgIpc) is 3.62. The van der Waals surface area contributed by atoms with E-state index in [0.717, 1.165) is 45.3 Å². The number of benzene rings is 2. The Bertz CT molecular complexity index is 1650. The SMILES string of the molecule is COc1cc(-c2nc(C3CC(=O)N(C)C3)n3ccnc(C)c23)ccc1NC(=O)C1Cc2c(OC)cccc2N1C. The molecule has 1 N–H and O–H groups in total. The van der Waals surface area contributed by atoms with Crippen molar-refractivity contribution in [3.8, 4) is 22.8 Å². The van der Waals surface area contributed by atoms with Gasteiger partial charge in [0.05, 0.1) is 36.8 Å². The van der Waals surface area contributed by atoms with E-state index in [4.69, 9.17) is 14.5 Å². The number of hydrogen-bond acceptors (Lipinski definition) is 7. The lowest BCUT2D eigenvalue weighted by Crippen LogP contribution is -2.39. The molecular weight excluding hydrogens is 508 g/mol. The number of carbonyl (C=O) groups is 2. The Hall–Kier alpha value is -4.60. The monoisotopic (exact) mass is 540 g/mol. The molecule has 0 saturated carbocycles. The normalized spacial score (nSPS) is 18.4. The van der Waals surface area contributed by atoms with Gasteiger partial charge in [-0.2, -0.15) is 0 Å². The van der Waals surface area contributed by atoms with Crippen LogP contribution in [0.15, 0.2) is 48.8 Å². The third-order valence-electron chi connectivity index (χ3n) is 8.08. The fourth-order valence-corrected chi connectivity index (χ4v) is 5.95. The highest BCUT2D eigenvalue weighted by Crippen LogP contribution is 2.39. The average molecular weight is 541 g/mol. The molecular formula is C30H32N6O4. The number of anilines is 2. The van der Waals surface area contributed by atoms with Gasteiger partial charge in [-0.1, -0.05) is 12.1 Å². The minimum Gasteiger partial charge on any atom is -0.496 e. The van der Waals surface area contributed by atoms with Crippen molar-refractivity contribution in [1.29, 1.82) is 0 Å². The number of hydrogen-bond donors (Lipinski definition) is 1. The molecule has 2 aromatic carbocycles. The number of nitrogens with one attached hydrogen (secondary N) is 1. The molecule has 0 radical (unpaired) electrons. The second-order valence-corrected chi connectivity index (χ2v) is 10.4. The fourth-order valence-electron chi connectivity index (χ4n) is 5.95. The van der Waals surface area contributed by atoms with Gasteiger partial charge in [0.2, 0.25) is 11.8 Å². The number of fused-ring (bicyclic) bond motifs is 2. The largest absolute Gasteiger partial charge is 0.496 e. The first-order valence-corrected chi connectivity index (χ1v) is 13.3. The molecule has 0 aliphatic carbocycles. The molecule has 2 aliphatic rings. The van der Waals surface area contributed by atoms with Gasteiger partial charge in [-0.05, 0) is 31.2 Å². The van der Waals surface area contributed by atoms with Crippen LogP contribution in [0.3, 0.4) is 0 Å². The van der Waals surface area contributed by atoms with Crippen LogP contribution in [0.25, 0.3) is 16.8 Å². The van der Waals surface area contributed by atoms with Crippen LogP contribution < -0.4 is 19.7 Å². The molecule has 10 heteroatoms. The van der Waals surface area contributed by atoms with Crippen LogP contribution >= 0.6 is 0 Å². The van der Waals surface area contributed by atoms with Gasteiger partial charge in [-0.15, -0.1) is 0 Å². The van der Waals surface area contributed by atoms with Gasteiger partial charge in [0, 0.05) is 68.6 Å². The van der Waals surface area contributed by atoms with Gasteiger partial charge >= 0.3 is 0 Å². The number of methoxy groups -OCH3 is 2. The molecule has 4 aromatic rings. The summed E-state index contributed by atoms with van der Waals surface area (Å²) >= 11 is 0. The van der Waals surface area contributed by atoms with Crippen LogP contribution in [-0.4, -0.2) is 72.0 Å². The lowest BCUT2D eigenvalue weighted by molar-refractivity contribution is -0.126. The molecule has 40 heavy (non-hydrogen) atoms. The van der Waals surface area contributed by atoms with Crippen LogP contribution in [0.1, 0.15) is 29.4 Å². The Morgan fingerprint density at radius 3 is 2.60 bits per heavy atom.